The quantitative estimate of drug-likeness (QED) is 0.639. The van der Waals surface area contributed by atoms with Gasteiger partial charge in [0.05, 0.1) is 17.4 Å². The van der Waals surface area contributed by atoms with E-state index in [1.54, 1.807) is 0 Å². The first-order valence-corrected chi connectivity index (χ1v) is 7.44. The summed E-state index contributed by atoms with van der Waals surface area (Å²) in [6, 6.07) is 26.5. The third-order valence-corrected chi connectivity index (χ3v) is 3.53. The Bertz CT molecular complexity index is 693. The predicted octanol–water partition coefficient (Wildman–Crippen LogP) is 4.68. The molecule has 0 aliphatic rings. The van der Waals surface area contributed by atoms with Crippen LogP contribution < -0.4 is 0 Å². The topological polar surface area (TPSA) is 25.2 Å². The summed E-state index contributed by atoms with van der Waals surface area (Å²) in [5.74, 6) is 0. The molecule has 108 valence electrons. The van der Waals surface area contributed by atoms with Crippen LogP contribution in [0.3, 0.4) is 0 Å². The molecule has 1 aromatic heterocycles. The van der Waals surface area contributed by atoms with Crippen LogP contribution in [-0.4, -0.2) is 10.7 Å². The van der Waals surface area contributed by atoms with Crippen molar-refractivity contribution in [3.05, 3.63) is 102 Å². The molecule has 2 aromatic carbocycles. The van der Waals surface area contributed by atoms with Gasteiger partial charge in [-0.1, -0.05) is 66.7 Å². The van der Waals surface area contributed by atoms with E-state index < -0.39 is 0 Å². The molecular formula is C20H18N2. The monoisotopic (exact) mass is 286 g/mol. The van der Waals surface area contributed by atoms with E-state index in [0.717, 1.165) is 22.5 Å². The van der Waals surface area contributed by atoms with E-state index in [4.69, 9.17) is 4.99 Å². The second kappa shape index (κ2) is 6.81. The van der Waals surface area contributed by atoms with Crippen LogP contribution in [0.5, 0.6) is 0 Å². The lowest BCUT2D eigenvalue weighted by atomic mass is 10.0. The average Bonchev–Trinajstić information content (AvgIpc) is 2.62. The van der Waals surface area contributed by atoms with Crippen LogP contribution in [0.15, 0.2) is 90.1 Å². The van der Waals surface area contributed by atoms with E-state index in [1.807, 2.05) is 60.8 Å². The molecule has 2 nitrogen and oxygen atoms in total. The summed E-state index contributed by atoms with van der Waals surface area (Å²) >= 11 is 0. The van der Waals surface area contributed by atoms with Crippen molar-refractivity contribution in [1.82, 2.24) is 4.98 Å². The lowest BCUT2D eigenvalue weighted by Gasteiger charge is -2.12. The summed E-state index contributed by atoms with van der Waals surface area (Å²) in [6.07, 6.45) is 1.81. The van der Waals surface area contributed by atoms with Crippen molar-refractivity contribution in [3.63, 3.8) is 0 Å². The molecular weight excluding hydrogens is 268 g/mol. The number of benzene rings is 2. The van der Waals surface area contributed by atoms with E-state index in [9.17, 15) is 0 Å². The van der Waals surface area contributed by atoms with Crippen LogP contribution in [0, 0.1) is 0 Å². The molecule has 1 atom stereocenters. The third-order valence-electron chi connectivity index (χ3n) is 3.53. The number of rotatable bonds is 4. The summed E-state index contributed by atoms with van der Waals surface area (Å²) in [5.41, 5.74) is 4.22. The van der Waals surface area contributed by atoms with Crippen LogP contribution in [0.4, 0.5) is 0 Å². The van der Waals surface area contributed by atoms with Crippen LogP contribution in [-0.2, 0) is 0 Å². The number of hydrogen-bond donors (Lipinski definition) is 0. The molecule has 0 aliphatic heterocycles. The molecule has 2 heteroatoms. The highest BCUT2D eigenvalue weighted by Gasteiger charge is 2.10. The molecule has 3 rings (SSSR count). The summed E-state index contributed by atoms with van der Waals surface area (Å²) in [4.78, 5) is 9.35. The second-order valence-corrected chi connectivity index (χ2v) is 5.14. The normalized spacial score (nSPS) is 11.7. The van der Waals surface area contributed by atoms with Gasteiger partial charge in [-0.3, -0.25) is 9.98 Å². The Hall–Kier alpha value is -2.74. The first kappa shape index (κ1) is 14.2. The van der Waals surface area contributed by atoms with Crippen LogP contribution in [0.2, 0.25) is 0 Å². The summed E-state index contributed by atoms with van der Waals surface area (Å²) in [7, 11) is 0. The van der Waals surface area contributed by atoms with E-state index >= 15 is 0 Å². The lowest BCUT2D eigenvalue weighted by molar-refractivity contribution is 0.784. The first-order chi connectivity index (χ1) is 10.8. The lowest BCUT2D eigenvalue weighted by Crippen LogP contribution is -2.06. The van der Waals surface area contributed by atoms with Gasteiger partial charge in [0.2, 0.25) is 0 Å². The smallest absolute Gasteiger partial charge is 0.0899 e. The largest absolute Gasteiger partial charge is 0.275 e. The van der Waals surface area contributed by atoms with E-state index in [0.29, 0.717) is 0 Å². The van der Waals surface area contributed by atoms with Gasteiger partial charge in [0.25, 0.3) is 0 Å². The number of nitrogens with zero attached hydrogens (tertiary/aromatic N) is 2. The molecule has 0 bridgehead atoms. The number of hydrogen-bond acceptors (Lipinski definition) is 2. The maximum atomic E-state index is 4.94. The predicted molar refractivity (Wildman–Crippen MR) is 91.2 cm³/mol. The standard InChI is InChI=1S/C20H18N2/c1-16(19-14-8-9-15-21-19)22-20(17-10-4-2-5-11-17)18-12-6-3-7-13-18/h2-16H,1H3. The number of pyridine rings is 1. The van der Waals surface area contributed by atoms with Crippen LogP contribution in [0.25, 0.3) is 0 Å². The van der Waals surface area contributed by atoms with E-state index in [-0.39, 0.29) is 6.04 Å². The van der Waals surface area contributed by atoms with Crippen molar-refractivity contribution in [1.29, 1.82) is 0 Å². The fraction of sp³-hybridized carbons (Fsp3) is 0.100. The minimum Gasteiger partial charge on any atom is -0.275 e. The molecule has 0 amide bonds. The van der Waals surface area contributed by atoms with Gasteiger partial charge in [0.15, 0.2) is 0 Å². The van der Waals surface area contributed by atoms with Crippen LogP contribution in [0.1, 0.15) is 29.8 Å². The molecule has 0 saturated heterocycles. The molecule has 22 heavy (non-hydrogen) atoms. The molecule has 0 fully saturated rings. The molecule has 0 saturated carbocycles. The van der Waals surface area contributed by atoms with Gasteiger partial charge in [0.1, 0.15) is 0 Å². The highest BCUT2D eigenvalue weighted by Crippen LogP contribution is 2.19. The van der Waals surface area contributed by atoms with Gasteiger partial charge in [-0.05, 0) is 19.1 Å². The fourth-order valence-corrected chi connectivity index (χ4v) is 2.39. The van der Waals surface area contributed by atoms with Crippen molar-refractivity contribution in [2.45, 2.75) is 13.0 Å². The Morgan fingerprint density at radius 1 is 0.773 bits per heavy atom. The number of aromatic nitrogens is 1. The highest BCUT2D eigenvalue weighted by molar-refractivity contribution is 6.12. The molecule has 1 unspecified atom stereocenters. The molecule has 0 aliphatic carbocycles. The molecule has 0 radical (unpaired) electrons. The zero-order valence-corrected chi connectivity index (χ0v) is 12.6. The van der Waals surface area contributed by atoms with Gasteiger partial charge in [-0.15, -0.1) is 0 Å². The molecule has 1 heterocycles. The van der Waals surface area contributed by atoms with E-state index in [1.165, 1.54) is 0 Å². The summed E-state index contributed by atoms with van der Waals surface area (Å²) < 4.78 is 0. The van der Waals surface area contributed by atoms with Crippen molar-refractivity contribution in [3.8, 4) is 0 Å². The highest BCUT2D eigenvalue weighted by atomic mass is 14.8. The van der Waals surface area contributed by atoms with Crippen molar-refractivity contribution < 1.29 is 0 Å². The maximum absolute atomic E-state index is 4.94. The van der Waals surface area contributed by atoms with Crippen molar-refractivity contribution in [2.24, 2.45) is 4.99 Å². The van der Waals surface area contributed by atoms with Crippen molar-refractivity contribution in [2.75, 3.05) is 0 Å². The Morgan fingerprint density at radius 3 is 1.82 bits per heavy atom. The Kier molecular flexibility index (Phi) is 4.40. The van der Waals surface area contributed by atoms with Gasteiger partial charge in [-0.2, -0.15) is 0 Å². The molecule has 0 N–H and O–H groups in total. The first-order valence-electron chi connectivity index (χ1n) is 7.44. The zero-order chi connectivity index (χ0) is 15.2. The van der Waals surface area contributed by atoms with Gasteiger partial charge in [0, 0.05) is 17.3 Å². The van der Waals surface area contributed by atoms with Crippen molar-refractivity contribution >= 4 is 5.71 Å². The van der Waals surface area contributed by atoms with Gasteiger partial charge >= 0.3 is 0 Å². The van der Waals surface area contributed by atoms with Crippen LogP contribution >= 0.6 is 0 Å². The van der Waals surface area contributed by atoms with Gasteiger partial charge < -0.3 is 0 Å². The Balaban J connectivity index is 2.04. The summed E-state index contributed by atoms with van der Waals surface area (Å²) in [5, 5.41) is 0. The minimum atomic E-state index is 0.0108. The Morgan fingerprint density at radius 2 is 1.32 bits per heavy atom. The molecule has 3 aromatic rings. The SMILES string of the molecule is CC(N=C(c1ccccc1)c1ccccc1)c1ccccn1. The third kappa shape index (κ3) is 3.29. The number of aliphatic imine (C=N–C) groups is 1. The second-order valence-electron chi connectivity index (χ2n) is 5.14. The summed E-state index contributed by atoms with van der Waals surface area (Å²) in [6.45, 7) is 2.08. The fourth-order valence-electron chi connectivity index (χ4n) is 2.39. The van der Waals surface area contributed by atoms with Gasteiger partial charge in [-0.25, -0.2) is 0 Å². The molecule has 0 spiro atoms. The Labute approximate surface area is 131 Å². The average molecular weight is 286 g/mol. The van der Waals surface area contributed by atoms with E-state index in [2.05, 4.69) is 36.2 Å². The minimum absolute atomic E-state index is 0.0108. The zero-order valence-electron chi connectivity index (χ0n) is 12.6. The maximum Gasteiger partial charge on any atom is 0.0899 e.